The highest BCUT2D eigenvalue weighted by Crippen LogP contribution is 2.49. The molecule has 1 aliphatic carbocycles. The maximum Gasteiger partial charge on any atom is 0.119 e. The van der Waals surface area contributed by atoms with Crippen molar-refractivity contribution < 1.29 is 14.6 Å². The van der Waals surface area contributed by atoms with Gasteiger partial charge < -0.3 is 19.5 Å². The first-order valence-electron chi connectivity index (χ1n) is 9.82. The molecule has 2 aliphatic rings. The largest absolute Gasteiger partial charge is 0.497 e. The highest BCUT2D eigenvalue weighted by molar-refractivity contribution is 5.33. The second-order valence-corrected chi connectivity index (χ2v) is 8.05. The average Bonchev–Trinajstić information content (AvgIpc) is 3.22. The van der Waals surface area contributed by atoms with Crippen molar-refractivity contribution in [2.24, 2.45) is 11.8 Å². The first-order valence-corrected chi connectivity index (χ1v) is 9.82. The summed E-state index contributed by atoms with van der Waals surface area (Å²) in [6.45, 7) is 3.24. The molecule has 1 aliphatic heterocycles. The van der Waals surface area contributed by atoms with E-state index in [1.807, 2.05) is 30.3 Å². The fourth-order valence-electron chi connectivity index (χ4n) is 4.90. The minimum Gasteiger partial charge on any atom is -0.497 e. The Kier molecular flexibility index (Phi) is 5.11. The normalized spacial score (nSPS) is 27.5. The summed E-state index contributed by atoms with van der Waals surface area (Å²) in [6.07, 6.45) is 2.73. The Hall–Kier alpha value is -2.04. The van der Waals surface area contributed by atoms with Crippen molar-refractivity contribution in [1.82, 2.24) is 4.90 Å². The van der Waals surface area contributed by atoms with E-state index in [2.05, 4.69) is 23.1 Å². The first kappa shape index (κ1) is 18.3. The van der Waals surface area contributed by atoms with E-state index in [-0.39, 0.29) is 0 Å². The number of rotatable bonds is 6. The third-order valence-corrected chi connectivity index (χ3v) is 6.31. The van der Waals surface area contributed by atoms with Crippen LogP contribution in [0.4, 0.5) is 0 Å². The monoisotopic (exact) mass is 367 g/mol. The van der Waals surface area contributed by atoms with Gasteiger partial charge in [-0.1, -0.05) is 24.3 Å². The smallest absolute Gasteiger partial charge is 0.119 e. The molecule has 4 nitrogen and oxygen atoms in total. The molecule has 2 fully saturated rings. The molecule has 0 unspecified atom stereocenters. The van der Waals surface area contributed by atoms with Gasteiger partial charge in [-0.25, -0.2) is 0 Å². The number of ether oxygens (including phenoxy) is 2. The molecular weight excluding hydrogens is 338 g/mol. The van der Waals surface area contributed by atoms with Crippen molar-refractivity contribution in [3.8, 4) is 11.5 Å². The van der Waals surface area contributed by atoms with Crippen molar-refractivity contribution in [3.05, 3.63) is 59.7 Å². The molecule has 0 bridgehead atoms. The van der Waals surface area contributed by atoms with Crippen LogP contribution >= 0.6 is 0 Å². The summed E-state index contributed by atoms with van der Waals surface area (Å²) in [5, 5.41) is 11.3. The van der Waals surface area contributed by atoms with Crippen LogP contribution in [-0.4, -0.2) is 43.9 Å². The number of benzene rings is 2. The molecule has 144 valence electrons. The van der Waals surface area contributed by atoms with Gasteiger partial charge in [0.25, 0.3) is 0 Å². The Labute approximate surface area is 161 Å². The van der Waals surface area contributed by atoms with Gasteiger partial charge in [-0.05, 0) is 66.5 Å². The van der Waals surface area contributed by atoms with Crippen molar-refractivity contribution in [1.29, 1.82) is 0 Å². The second kappa shape index (κ2) is 7.53. The predicted molar refractivity (Wildman–Crippen MR) is 106 cm³/mol. The van der Waals surface area contributed by atoms with E-state index >= 15 is 0 Å². The van der Waals surface area contributed by atoms with Crippen LogP contribution in [0.1, 0.15) is 24.0 Å². The van der Waals surface area contributed by atoms with Gasteiger partial charge in [0.15, 0.2) is 0 Å². The zero-order valence-electron chi connectivity index (χ0n) is 16.2. The van der Waals surface area contributed by atoms with Gasteiger partial charge in [0.05, 0.1) is 19.8 Å². The molecule has 1 saturated heterocycles. The standard InChI is InChI=1S/C23H29NO3/c1-26-21-7-3-5-17(11-21)9-10-24-15-18-13-23(25,14-19(18)16-24)20-6-4-8-22(12-20)27-2/h3-8,11-12,18-19,25H,9-10,13-16H2,1-2H3/t18-,19+,23-. The van der Waals surface area contributed by atoms with Crippen LogP contribution in [0.15, 0.2) is 48.5 Å². The van der Waals surface area contributed by atoms with Crippen LogP contribution in [0.5, 0.6) is 11.5 Å². The van der Waals surface area contributed by atoms with Crippen molar-refractivity contribution >= 4 is 0 Å². The van der Waals surface area contributed by atoms with Crippen LogP contribution in [-0.2, 0) is 12.0 Å². The van der Waals surface area contributed by atoms with Gasteiger partial charge in [0.1, 0.15) is 11.5 Å². The fraction of sp³-hybridized carbons (Fsp3) is 0.478. The number of hydrogen-bond donors (Lipinski definition) is 1. The summed E-state index contributed by atoms with van der Waals surface area (Å²) >= 11 is 0. The third-order valence-electron chi connectivity index (χ3n) is 6.31. The van der Waals surface area contributed by atoms with Crippen LogP contribution in [0.3, 0.4) is 0 Å². The van der Waals surface area contributed by atoms with E-state index in [9.17, 15) is 5.11 Å². The first-order chi connectivity index (χ1) is 13.1. The Balaban J connectivity index is 1.35. The summed E-state index contributed by atoms with van der Waals surface area (Å²) in [5.41, 5.74) is 1.61. The summed E-state index contributed by atoms with van der Waals surface area (Å²) in [4.78, 5) is 2.56. The minimum atomic E-state index is -0.706. The molecule has 2 aromatic rings. The maximum absolute atomic E-state index is 11.3. The van der Waals surface area contributed by atoms with Gasteiger partial charge in [0.2, 0.25) is 0 Å². The highest BCUT2D eigenvalue weighted by atomic mass is 16.5. The number of fused-ring (bicyclic) bond motifs is 1. The van der Waals surface area contributed by atoms with Gasteiger partial charge >= 0.3 is 0 Å². The number of hydrogen-bond acceptors (Lipinski definition) is 4. The number of nitrogens with zero attached hydrogens (tertiary/aromatic N) is 1. The van der Waals surface area contributed by atoms with Gasteiger partial charge in [-0.2, -0.15) is 0 Å². The molecule has 1 saturated carbocycles. The van der Waals surface area contributed by atoms with Gasteiger partial charge in [0, 0.05) is 19.6 Å². The topological polar surface area (TPSA) is 41.9 Å². The molecule has 2 aromatic carbocycles. The summed E-state index contributed by atoms with van der Waals surface area (Å²) < 4.78 is 10.7. The van der Waals surface area contributed by atoms with Crippen molar-refractivity contribution in [3.63, 3.8) is 0 Å². The Morgan fingerprint density at radius 2 is 1.59 bits per heavy atom. The third kappa shape index (κ3) is 3.83. The van der Waals surface area contributed by atoms with E-state index in [1.54, 1.807) is 14.2 Å². The van der Waals surface area contributed by atoms with Crippen LogP contribution < -0.4 is 9.47 Å². The summed E-state index contributed by atoms with van der Waals surface area (Å²) in [5.74, 6) is 2.89. The van der Waals surface area contributed by atoms with E-state index in [0.29, 0.717) is 11.8 Å². The lowest BCUT2D eigenvalue weighted by molar-refractivity contribution is 0.0312. The lowest BCUT2D eigenvalue weighted by Gasteiger charge is -2.26. The van der Waals surface area contributed by atoms with E-state index < -0.39 is 5.60 Å². The summed E-state index contributed by atoms with van der Waals surface area (Å²) in [7, 11) is 3.39. The van der Waals surface area contributed by atoms with Crippen LogP contribution in [0, 0.1) is 11.8 Å². The zero-order valence-corrected chi connectivity index (χ0v) is 16.2. The second-order valence-electron chi connectivity index (χ2n) is 8.05. The maximum atomic E-state index is 11.3. The van der Waals surface area contributed by atoms with Crippen molar-refractivity contribution in [2.75, 3.05) is 33.9 Å². The number of likely N-dealkylation sites (tertiary alicyclic amines) is 1. The van der Waals surface area contributed by atoms with Crippen LogP contribution in [0.2, 0.25) is 0 Å². The lowest BCUT2D eigenvalue weighted by atomic mass is 9.90. The fourth-order valence-corrected chi connectivity index (χ4v) is 4.90. The molecule has 0 radical (unpaired) electrons. The SMILES string of the molecule is COc1cccc(CCN2C[C@@H]3C[C@@](O)(c4cccc(OC)c4)C[C@@H]3C2)c1. The molecule has 1 heterocycles. The molecule has 27 heavy (non-hydrogen) atoms. The molecule has 3 atom stereocenters. The quantitative estimate of drug-likeness (QED) is 0.849. The molecule has 4 rings (SSSR count). The number of aliphatic hydroxyl groups is 1. The predicted octanol–water partition coefficient (Wildman–Crippen LogP) is 3.48. The molecule has 4 heteroatoms. The Morgan fingerprint density at radius 1 is 0.963 bits per heavy atom. The molecule has 1 N–H and O–H groups in total. The highest BCUT2D eigenvalue weighted by Gasteiger charge is 2.48. The minimum absolute atomic E-state index is 0.575. The summed E-state index contributed by atoms with van der Waals surface area (Å²) in [6, 6.07) is 16.3. The van der Waals surface area contributed by atoms with E-state index in [0.717, 1.165) is 56.0 Å². The number of methoxy groups -OCH3 is 2. The van der Waals surface area contributed by atoms with Gasteiger partial charge in [-0.3, -0.25) is 0 Å². The lowest BCUT2D eigenvalue weighted by Crippen LogP contribution is -2.29. The van der Waals surface area contributed by atoms with Crippen LogP contribution in [0.25, 0.3) is 0 Å². The molecular formula is C23H29NO3. The van der Waals surface area contributed by atoms with E-state index in [4.69, 9.17) is 9.47 Å². The Bertz CT molecular complexity index is 777. The van der Waals surface area contributed by atoms with Gasteiger partial charge in [-0.15, -0.1) is 0 Å². The molecule has 0 aromatic heterocycles. The Morgan fingerprint density at radius 3 is 2.26 bits per heavy atom. The average molecular weight is 367 g/mol. The van der Waals surface area contributed by atoms with E-state index in [1.165, 1.54) is 5.56 Å². The molecule has 0 spiro atoms. The van der Waals surface area contributed by atoms with Crippen molar-refractivity contribution in [2.45, 2.75) is 24.9 Å². The zero-order chi connectivity index (χ0) is 18.9. The molecule has 0 amide bonds.